The lowest BCUT2D eigenvalue weighted by atomic mass is 10.0. The van der Waals surface area contributed by atoms with Gasteiger partial charge in [-0.25, -0.2) is 0 Å². The number of ether oxygens (including phenoxy) is 9. The first-order chi connectivity index (χ1) is 24.4. The van der Waals surface area contributed by atoms with Gasteiger partial charge in [0.15, 0.2) is 0 Å². The van der Waals surface area contributed by atoms with Crippen molar-refractivity contribution >= 4 is 35.3 Å². The number of fused-ring (bicyclic) bond motifs is 1. The van der Waals surface area contributed by atoms with Crippen LogP contribution in [0.3, 0.4) is 0 Å². The molecule has 2 aliphatic rings. The maximum Gasteiger partial charge on any atom is 0.302 e. The summed E-state index contributed by atoms with van der Waals surface area (Å²) in [5.74, 6) is -2.50. The van der Waals surface area contributed by atoms with E-state index >= 15 is 0 Å². The van der Waals surface area contributed by atoms with Crippen molar-refractivity contribution in [1.29, 1.82) is 0 Å². The van der Waals surface area contributed by atoms with Crippen LogP contribution in [0.4, 0.5) is 5.69 Å². The molecule has 280 valence electrons. The number of carbonyl (C=O) groups is 5. The number of hydrogen-bond donors (Lipinski definition) is 2. The van der Waals surface area contributed by atoms with E-state index in [4.69, 9.17) is 42.6 Å². The van der Waals surface area contributed by atoms with Gasteiger partial charge in [0.1, 0.15) is 12.6 Å². The van der Waals surface area contributed by atoms with Crippen LogP contribution in [0.2, 0.25) is 0 Å². The third-order valence-electron chi connectivity index (χ3n) is 7.17. The van der Waals surface area contributed by atoms with Crippen LogP contribution >= 0.6 is 0 Å². The van der Waals surface area contributed by atoms with Gasteiger partial charge in [-0.05, 0) is 18.6 Å². The molecule has 17 nitrogen and oxygen atoms in total. The molecule has 1 unspecified atom stereocenters. The molecule has 1 aromatic carbocycles. The van der Waals surface area contributed by atoms with E-state index in [0.717, 1.165) is 4.90 Å². The quantitative estimate of drug-likeness (QED) is 0.0649. The molecule has 0 saturated carbocycles. The van der Waals surface area contributed by atoms with Crippen molar-refractivity contribution in [2.75, 3.05) is 124 Å². The van der Waals surface area contributed by atoms with Gasteiger partial charge in [-0.2, -0.15) is 0 Å². The second-order valence-electron chi connectivity index (χ2n) is 10.8. The van der Waals surface area contributed by atoms with Gasteiger partial charge in [0.05, 0.1) is 117 Å². The van der Waals surface area contributed by atoms with E-state index in [1.165, 1.54) is 6.92 Å². The average Bonchev–Trinajstić information content (AvgIpc) is 3.35. The molecule has 1 fully saturated rings. The minimum absolute atomic E-state index is 0.0641. The van der Waals surface area contributed by atoms with Crippen molar-refractivity contribution < 1.29 is 66.6 Å². The monoisotopic (exact) mass is 711 g/mol. The number of carbonyl (C=O) groups excluding carboxylic acids is 5. The fourth-order valence-corrected chi connectivity index (χ4v) is 4.81. The SMILES string of the molecule is CC(=O)OCCOCCOCCOCCOCCOCCOCCOCCOCCNc1cccc2c1C(=O)N(C1CCC(=O)NC1=O)C2=O. The number of hydrogen-bond acceptors (Lipinski definition) is 15. The second kappa shape index (κ2) is 24.6. The van der Waals surface area contributed by atoms with E-state index in [9.17, 15) is 24.0 Å². The molecule has 2 aliphatic heterocycles. The fraction of sp³-hybridized carbons (Fsp3) is 0.667. The minimum atomic E-state index is -1.01. The summed E-state index contributed by atoms with van der Waals surface area (Å²) in [5.41, 5.74) is 0.899. The summed E-state index contributed by atoms with van der Waals surface area (Å²) < 4.78 is 48.3. The molecule has 17 heteroatoms. The minimum Gasteiger partial charge on any atom is -0.463 e. The molecule has 50 heavy (non-hydrogen) atoms. The van der Waals surface area contributed by atoms with Crippen molar-refractivity contribution in [3.8, 4) is 0 Å². The van der Waals surface area contributed by atoms with Crippen molar-refractivity contribution in [1.82, 2.24) is 10.2 Å². The molecule has 2 N–H and O–H groups in total. The zero-order valence-electron chi connectivity index (χ0n) is 28.6. The Kier molecular flexibility index (Phi) is 20.1. The molecule has 0 bridgehead atoms. The van der Waals surface area contributed by atoms with Gasteiger partial charge in [-0.3, -0.25) is 34.2 Å². The molecule has 0 aromatic heterocycles. The molecule has 3 rings (SSSR count). The van der Waals surface area contributed by atoms with Crippen molar-refractivity contribution in [2.24, 2.45) is 0 Å². The van der Waals surface area contributed by atoms with Crippen LogP contribution in [0.25, 0.3) is 0 Å². The average molecular weight is 712 g/mol. The maximum absolute atomic E-state index is 13.1. The molecular weight excluding hydrogens is 662 g/mol. The molecule has 2 heterocycles. The van der Waals surface area contributed by atoms with Crippen LogP contribution in [0, 0.1) is 0 Å². The molecule has 1 atom stereocenters. The number of nitrogens with one attached hydrogen (secondary N) is 2. The zero-order chi connectivity index (χ0) is 35.8. The molecule has 0 radical (unpaired) electrons. The molecular formula is C33H49N3O14. The number of anilines is 1. The Labute approximate surface area is 291 Å². The van der Waals surface area contributed by atoms with E-state index in [0.29, 0.717) is 118 Å². The Morgan fingerprint density at radius 1 is 0.680 bits per heavy atom. The first-order valence-corrected chi connectivity index (χ1v) is 16.7. The van der Waals surface area contributed by atoms with Gasteiger partial charge >= 0.3 is 5.97 Å². The van der Waals surface area contributed by atoms with Gasteiger partial charge in [-0.15, -0.1) is 0 Å². The Morgan fingerprint density at radius 2 is 1.14 bits per heavy atom. The van der Waals surface area contributed by atoms with Gasteiger partial charge in [0, 0.05) is 25.6 Å². The molecule has 1 saturated heterocycles. The fourth-order valence-electron chi connectivity index (χ4n) is 4.81. The first-order valence-electron chi connectivity index (χ1n) is 16.7. The Morgan fingerprint density at radius 3 is 1.60 bits per heavy atom. The molecule has 0 spiro atoms. The normalized spacial score (nSPS) is 15.8. The highest BCUT2D eigenvalue weighted by Crippen LogP contribution is 2.32. The lowest BCUT2D eigenvalue weighted by Gasteiger charge is -2.27. The molecule has 4 amide bonds. The van der Waals surface area contributed by atoms with Crippen molar-refractivity contribution in [2.45, 2.75) is 25.8 Å². The van der Waals surface area contributed by atoms with Crippen LogP contribution in [0.1, 0.15) is 40.5 Å². The van der Waals surface area contributed by atoms with Gasteiger partial charge in [0.2, 0.25) is 11.8 Å². The molecule has 0 aliphatic carbocycles. The lowest BCUT2D eigenvalue weighted by Crippen LogP contribution is -2.54. The largest absolute Gasteiger partial charge is 0.463 e. The Bertz CT molecular complexity index is 1220. The zero-order valence-corrected chi connectivity index (χ0v) is 28.6. The number of piperidine rings is 1. The molecule has 1 aromatic rings. The number of esters is 1. The Hall–Kier alpha value is -3.55. The Balaban J connectivity index is 1.06. The summed E-state index contributed by atoms with van der Waals surface area (Å²) in [5, 5.41) is 5.32. The van der Waals surface area contributed by atoms with Gasteiger partial charge in [0.25, 0.3) is 11.8 Å². The summed E-state index contributed by atoms with van der Waals surface area (Å²) in [6.45, 7) is 8.75. The van der Waals surface area contributed by atoms with Gasteiger partial charge in [-0.1, -0.05) is 6.07 Å². The van der Waals surface area contributed by atoms with Gasteiger partial charge < -0.3 is 47.9 Å². The summed E-state index contributed by atoms with van der Waals surface area (Å²) in [7, 11) is 0. The van der Waals surface area contributed by atoms with Crippen LogP contribution < -0.4 is 10.6 Å². The summed E-state index contributed by atoms with van der Waals surface area (Å²) >= 11 is 0. The summed E-state index contributed by atoms with van der Waals surface area (Å²) in [6.07, 6.45) is 0.166. The van der Waals surface area contributed by atoms with E-state index in [2.05, 4.69) is 10.6 Å². The van der Waals surface area contributed by atoms with Crippen molar-refractivity contribution in [3.05, 3.63) is 29.3 Å². The van der Waals surface area contributed by atoms with Crippen LogP contribution in [-0.4, -0.2) is 159 Å². The predicted molar refractivity (Wildman–Crippen MR) is 175 cm³/mol. The third-order valence-corrected chi connectivity index (χ3v) is 7.17. The van der Waals surface area contributed by atoms with E-state index in [-0.39, 0.29) is 36.5 Å². The lowest BCUT2D eigenvalue weighted by molar-refractivity contribution is -0.142. The van der Waals surface area contributed by atoms with Crippen LogP contribution in [0.5, 0.6) is 0 Å². The number of rotatable bonds is 29. The summed E-state index contributed by atoms with van der Waals surface area (Å²) in [6, 6.07) is 3.89. The number of nitrogens with zero attached hydrogens (tertiary/aromatic N) is 1. The topological polar surface area (TPSA) is 196 Å². The highest BCUT2D eigenvalue weighted by molar-refractivity contribution is 6.25. The van der Waals surface area contributed by atoms with Crippen LogP contribution in [0.15, 0.2) is 18.2 Å². The smallest absolute Gasteiger partial charge is 0.302 e. The van der Waals surface area contributed by atoms with E-state index < -0.39 is 29.7 Å². The second-order valence-corrected chi connectivity index (χ2v) is 10.8. The maximum atomic E-state index is 13.1. The third kappa shape index (κ3) is 15.1. The van der Waals surface area contributed by atoms with Crippen LogP contribution in [-0.2, 0) is 57.0 Å². The van der Waals surface area contributed by atoms with E-state index in [1.54, 1.807) is 18.2 Å². The van der Waals surface area contributed by atoms with Crippen molar-refractivity contribution in [3.63, 3.8) is 0 Å². The highest BCUT2D eigenvalue weighted by atomic mass is 16.6. The first kappa shape index (κ1) is 40.9. The number of amides is 4. The highest BCUT2D eigenvalue weighted by Gasteiger charge is 2.45. The van der Waals surface area contributed by atoms with E-state index in [1.807, 2.05) is 0 Å². The number of imide groups is 2. The number of benzene rings is 1. The standard InChI is InChI=1S/C33H49N3O14/c1-25(37)50-24-23-49-22-21-48-20-19-47-18-17-46-16-15-45-14-13-44-12-11-43-10-9-42-8-7-34-27-4-2-3-26-30(27)33(41)36(32(26)40)28-5-6-29(38)35-31(28)39/h2-4,28,34H,5-24H2,1H3,(H,35,38,39). The summed E-state index contributed by atoms with van der Waals surface area (Å²) in [4.78, 5) is 61.4. The predicted octanol–water partition coefficient (Wildman–Crippen LogP) is 0.196.